The van der Waals surface area contributed by atoms with Gasteiger partial charge in [-0.3, -0.25) is 9.59 Å². The van der Waals surface area contributed by atoms with E-state index in [1.54, 1.807) is 4.57 Å². The van der Waals surface area contributed by atoms with E-state index in [1.165, 1.54) is 11.8 Å². The lowest BCUT2D eigenvalue weighted by atomic mass is 10.2. The Labute approximate surface area is 145 Å². The third-order valence-corrected chi connectivity index (χ3v) is 4.62. The number of hydrogen-bond donors (Lipinski definition) is 2. The maximum atomic E-state index is 12.3. The number of nitrogens with two attached hydrogens (primary N) is 1. The highest BCUT2D eigenvalue weighted by Gasteiger charge is 2.19. The third-order valence-electron chi connectivity index (χ3n) is 3.49. The highest BCUT2D eigenvalue weighted by atomic mass is 32.2. The van der Waals surface area contributed by atoms with Gasteiger partial charge in [0, 0.05) is 25.6 Å². The monoisotopic (exact) mass is 347 g/mol. The van der Waals surface area contributed by atoms with Gasteiger partial charge in [0.05, 0.1) is 5.25 Å². The topological polar surface area (TPSA) is 103 Å². The molecule has 2 rings (SSSR count). The van der Waals surface area contributed by atoms with Gasteiger partial charge in [-0.05, 0) is 26.0 Å². The molecule has 1 atom stereocenters. The fourth-order valence-electron chi connectivity index (χ4n) is 1.99. The number of benzene rings is 1. The van der Waals surface area contributed by atoms with E-state index >= 15 is 0 Å². The second-order valence-corrected chi connectivity index (χ2v) is 6.85. The maximum Gasteiger partial charge on any atom is 0.237 e. The van der Waals surface area contributed by atoms with Crippen molar-refractivity contribution in [2.24, 2.45) is 12.8 Å². The van der Waals surface area contributed by atoms with Gasteiger partial charge in [-0.15, -0.1) is 10.2 Å². The van der Waals surface area contributed by atoms with Crippen LogP contribution >= 0.6 is 11.8 Å². The van der Waals surface area contributed by atoms with E-state index in [0.29, 0.717) is 17.4 Å². The second kappa shape index (κ2) is 7.96. The van der Waals surface area contributed by atoms with E-state index in [0.717, 1.165) is 11.3 Å². The van der Waals surface area contributed by atoms with Crippen LogP contribution in [0.5, 0.6) is 0 Å². The molecule has 1 aromatic heterocycles. The number of rotatable bonds is 7. The molecule has 0 unspecified atom stereocenters. The number of nitrogens with zero attached hydrogens (tertiary/aromatic N) is 3. The van der Waals surface area contributed by atoms with E-state index in [4.69, 9.17) is 5.73 Å². The molecule has 0 saturated heterocycles. The fourth-order valence-corrected chi connectivity index (χ4v) is 2.83. The molecule has 0 radical (unpaired) electrons. The Balaban J connectivity index is 1.96. The van der Waals surface area contributed by atoms with Gasteiger partial charge >= 0.3 is 0 Å². The van der Waals surface area contributed by atoms with Crippen LogP contribution in [-0.2, 0) is 23.1 Å². The Hall–Kier alpha value is -2.35. The predicted molar refractivity (Wildman–Crippen MR) is 93.6 cm³/mol. The summed E-state index contributed by atoms with van der Waals surface area (Å²) in [5, 5.41) is 11.3. The summed E-state index contributed by atoms with van der Waals surface area (Å²) in [6.07, 6.45) is 0.656. The van der Waals surface area contributed by atoms with Crippen molar-refractivity contribution in [2.45, 2.75) is 37.1 Å². The van der Waals surface area contributed by atoms with Crippen molar-refractivity contribution in [1.82, 2.24) is 14.8 Å². The second-order valence-electron chi connectivity index (χ2n) is 5.54. The van der Waals surface area contributed by atoms with Gasteiger partial charge in [0.1, 0.15) is 5.82 Å². The smallest absolute Gasteiger partial charge is 0.237 e. The van der Waals surface area contributed by atoms with Crippen LogP contribution in [0.1, 0.15) is 24.7 Å². The Morgan fingerprint density at radius 1 is 1.29 bits per heavy atom. The lowest BCUT2D eigenvalue weighted by Gasteiger charge is -2.11. The maximum absolute atomic E-state index is 12.3. The number of carbonyl (C=O) groups is 2. The molecule has 3 N–H and O–H groups in total. The largest absolute Gasteiger partial charge is 0.370 e. The van der Waals surface area contributed by atoms with Crippen LogP contribution in [0.15, 0.2) is 29.4 Å². The fraction of sp³-hybridized carbons (Fsp3) is 0.375. The highest BCUT2D eigenvalue weighted by Crippen LogP contribution is 2.23. The molecule has 7 nitrogen and oxygen atoms in total. The third kappa shape index (κ3) is 4.82. The van der Waals surface area contributed by atoms with E-state index in [2.05, 4.69) is 15.5 Å². The van der Waals surface area contributed by atoms with Gasteiger partial charge in [-0.2, -0.15) is 0 Å². The highest BCUT2D eigenvalue weighted by molar-refractivity contribution is 8.00. The summed E-state index contributed by atoms with van der Waals surface area (Å²) in [5.74, 6) is 0.186. The first-order valence-corrected chi connectivity index (χ1v) is 8.45. The molecule has 2 amide bonds. The zero-order chi connectivity index (χ0) is 17.7. The van der Waals surface area contributed by atoms with Crippen LogP contribution in [0, 0.1) is 6.92 Å². The lowest BCUT2D eigenvalue weighted by molar-refractivity contribution is -0.118. The van der Waals surface area contributed by atoms with Crippen molar-refractivity contribution < 1.29 is 9.59 Å². The summed E-state index contributed by atoms with van der Waals surface area (Å²) in [5.41, 5.74) is 7.04. The predicted octanol–water partition coefficient (Wildman–Crippen LogP) is 1.66. The van der Waals surface area contributed by atoms with Crippen molar-refractivity contribution in [3.63, 3.8) is 0 Å². The summed E-state index contributed by atoms with van der Waals surface area (Å²) >= 11 is 1.32. The molecular formula is C16H21N5O2S. The molecule has 128 valence electrons. The summed E-state index contributed by atoms with van der Waals surface area (Å²) < 4.78 is 1.78. The Bertz CT molecular complexity index is 727. The van der Waals surface area contributed by atoms with Crippen LogP contribution in [0.3, 0.4) is 0 Å². The first-order valence-electron chi connectivity index (χ1n) is 7.57. The van der Waals surface area contributed by atoms with E-state index < -0.39 is 0 Å². The molecule has 1 heterocycles. The number of nitrogens with one attached hydrogen (secondary N) is 1. The van der Waals surface area contributed by atoms with Crippen LogP contribution in [0.2, 0.25) is 0 Å². The van der Waals surface area contributed by atoms with Gasteiger partial charge in [-0.1, -0.05) is 29.5 Å². The van der Waals surface area contributed by atoms with Crippen molar-refractivity contribution in [2.75, 3.05) is 5.32 Å². The average molecular weight is 347 g/mol. The molecule has 24 heavy (non-hydrogen) atoms. The van der Waals surface area contributed by atoms with Crippen molar-refractivity contribution in [1.29, 1.82) is 0 Å². The van der Waals surface area contributed by atoms with Gasteiger partial charge in [0.15, 0.2) is 5.16 Å². The number of thioether (sulfide) groups is 1. The van der Waals surface area contributed by atoms with Crippen LogP contribution < -0.4 is 11.1 Å². The molecule has 0 spiro atoms. The molecular weight excluding hydrogens is 326 g/mol. The molecule has 0 aliphatic heterocycles. The minimum Gasteiger partial charge on any atom is -0.370 e. The molecule has 2 aromatic rings. The summed E-state index contributed by atoms with van der Waals surface area (Å²) in [4.78, 5) is 23.1. The van der Waals surface area contributed by atoms with Gasteiger partial charge < -0.3 is 15.6 Å². The zero-order valence-electron chi connectivity index (χ0n) is 13.9. The van der Waals surface area contributed by atoms with Crippen molar-refractivity contribution in [3.05, 3.63) is 35.7 Å². The minimum absolute atomic E-state index is 0.106. The number of primary amides is 1. The first-order chi connectivity index (χ1) is 11.4. The number of carbonyl (C=O) groups excluding carboxylic acids is 2. The van der Waals surface area contributed by atoms with Crippen molar-refractivity contribution >= 4 is 29.3 Å². The Kier molecular flexibility index (Phi) is 5.97. The van der Waals surface area contributed by atoms with Crippen molar-refractivity contribution in [3.8, 4) is 0 Å². The number of anilines is 1. The van der Waals surface area contributed by atoms with Crippen LogP contribution in [0.4, 0.5) is 5.69 Å². The molecule has 1 aromatic carbocycles. The zero-order valence-corrected chi connectivity index (χ0v) is 14.8. The van der Waals surface area contributed by atoms with Gasteiger partial charge in [0.2, 0.25) is 11.8 Å². The molecule has 0 aliphatic rings. The number of aryl methyl sites for hydroxylation is 2. The number of amides is 2. The Morgan fingerprint density at radius 3 is 2.58 bits per heavy atom. The van der Waals surface area contributed by atoms with E-state index in [-0.39, 0.29) is 23.5 Å². The molecule has 0 bridgehead atoms. The van der Waals surface area contributed by atoms with E-state index in [9.17, 15) is 9.59 Å². The van der Waals surface area contributed by atoms with Crippen LogP contribution in [-0.4, -0.2) is 31.8 Å². The minimum atomic E-state index is -0.377. The lowest BCUT2D eigenvalue weighted by Crippen LogP contribution is -2.22. The van der Waals surface area contributed by atoms with Crippen LogP contribution in [0.25, 0.3) is 0 Å². The van der Waals surface area contributed by atoms with Gasteiger partial charge in [0.25, 0.3) is 0 Å². The molecule has 8 heteroatoms. The van der Waals surface area contributed by atoms with Gasteiger partial charge in [-0.25, -0.2) is 0 Å². The average Bonchev–Trinajstić information content (AvgIpc) is 2.88. The summed E-state index contributed by atoms with van der Waals surface area (Å²) in [6, 6.07) is 7.63. The first kappa shape index (κ1) is 18.0. The van der Waals surface area contributed by atoms with E-state index in [1.807, 2.05) is 45.2 Å². The number of aromatic nitrogens is 3. The quantitative estimate of drug-likeness (QED) is 0.742. The molecule has 0 saturated carbocycles. The number of hydrogen-bond acceptors (Lipinski definition) is 5. The molecule has 0 aliphatic carbocycles. The SMILES string of the molecule is Cc1ccc(NC(=O)[C@@H](C)Sc2nnc(CCC(N)=O)n2C)cc1. The standard InChI is InChI=1S/C16H21N5O2S/c1-10-4-6-12(7-5-10)18-15(23)11(2)24-16-20-19-14(21(16)3)9-8-13(17)22/h4-7,11H,8-9H2,1-3H3,(H2,17,22)(H,18,23)/t11-/m1/s1. The Morgan fingerprint density at radius 2 is 1.96 bits per heavy atom. The molecule has 0 fully saturated rings. The normalized spacial score (nSPS) is 12.0. The summed E-state index contributed by atoms with van der Waals surface area (Å²) in [7, 11) is 1.81. The summed E-state index contributed by atoms with van der Waals surface area (Å²) in [6.45, 7) is 3.81.